The Morgan fingerprint density at radius 1 is 1.00 bits per heavy atom. The van der Waals surface area contributed by atoms with Crippen molar-refractivity contribution in [3.05, 3.63) is 0 Å². The van der Waals surface area contributed by atoms with Crippen molar-refractivity contribution in [2.45, 2.75) is 45.4 Å². The molecule has 0 heterocycles. The van der Waals surface area contributed by atoms with Gasteiger partial charge in [0.1, 0.15) is 6.61 Å². The molecule has 0 aromatic carbocycles. The normalized spacial score (nSPS) is 10.2. The minimum atomic E-state index is -0.831. The maximum absolute atomic E-state index is 11.2. The van der Waals surface area contributed by atoms with Crippen LogP contribution in [0.3, 0.4) is 0 Å². The molecule has 0 spiro atoms. The number of aliphatic carboxylic acids is 1. The van der Waals surface area contributed by atoms with Crippen molar-refractivity contribution in [2.75, 3.05) is 19.8 Å². The van der Waals surface area contributed by atoms with Gasteiger partial charge < -0.3 is 14.6 Å². The molecule has 0 aliphatic heterocycles. The second kappa shape index (κ2) is 11.4. The van der Waals surface area contributed by atoms with E-state index in [-0.39, 0.29) is 25.4 Å². The summed E-state index contributed by atoms with van der Waals surface area (Å²) in [6.45, 7) is 3.50. The van der Waals surface area contributed by atoms with Crippen molar-refractivity contribution in [1.29, 1.82) is 0 Å². The highest BCUT2D eigenvalue weighted by molar-refractivity contribution is 5.69. The van der Waals surface area contributed by atoms with Gasteiger partial charge in [-0.3, -0.25) is 9.59 Å². The molecule has 1 N–H and O–H groups in total. The molecule has 0 amide bonds. The molecule has 0 fully saturated rings. The van der Waals surface area contributed by atoms with E-state index in [1.807, 2.05) is 0 Å². The van der Waals surface area contributed by atoms with E-state index in [1.54, 1.807) is 0 Å². The van der Waals surface area contributed by atoms with Gasteiger partial charge in [0.25, 0.3) is 0 Å². The number of ether oxygens (including phenoxy) is 2. The van der Waals surface area contributed by atoms with Gasteiger partial charge in [0.2, 0.25) is 0 Å². The fraction of sp³-hybridized carbons (Fsp3) is 0.833. The zero-order valence-corrected chi connectivity index (χ0v) is 10.4. The van der Waals surface area contributed by atoms with Crippen LogP contribution in [0.4, 0.5) is 0 Å². The van der Waals surface area contributed by atoms with Gasteiger partial charge in [0.15, 0.2) is 0 Å². The van der Waals surface area contributed by atoms with Crippen molar-refractivity contribution in [3.63, 3.8) is 0 Å². The number of rotatable bonds is 11. The molecule has 0 bridgehead atoms. The average Bonchev–Trinajstić information content (AvgIpc) is 2.29. The molecule has 0 atom stereocenters. The van der Waals surface area contributed by atoms with Crippen molar-refractivity contribution in [1.82, 2.24) is 0 Å². The number of carbonyl (C=O) groups is 2. The molecular weight excluding hydrogens is 224 g/mol. The van der Waals surface area contributed by atoms with Gasteiger partial charge >= 0.3 is 11.9 Å². The van der Waals surface area contributed by atoms with Crippen LogP contribution in [0.25, 0.3) is 0 Å². The van der Waals surface area contributed by atoms with Crippen molar-refractivity contribution >= 4 is 11.9 Å². The first-order valence-corrected chi connectivity index (χ1v) is 6.12. The molecular formula is C12H22O5. The van der Waals surface area contributed by atoms with Gasteiger partial charge in [-0.05, 0) is 19.3 Å². The third-order valence-electron chi connectivity index (χ3n) is 2.15. The van der Waals surface area contributed by atoms with E-state index in [0.29, 0.717) is 26.1 Å². The van der Waals surface area contributed by atoms with E-state index < -0.39 is 5.97 Å². The Balaban J connectivity index is 3.20. The summed E-state index contributed by atoms with van der Waals surface area (Å²) in [6, 6.07) is 0. The quantitative estimate of drug-likeness (QED) is 0.446. The summed E-state index contributed by atoms with van der Waals surface area (Å²) in [5.41, 5.74) is 0. The van der Waals surface area contributed by atoms with E-state index >= 15 is 0 Å². The molecule has 5 heteroatoms. The van der Waals surface area contributed by atoms with Crippen molar-refractivity contribution in [3.8, 4) is 0 Å². The second-order valence-electron chi connectivity index (χ2n) is 3.79. The lowest BCUT2D eigenvalue weighted by atomic mass is 10.2. The molecule has 100 valence electrons. The number of hydrogen-bond acceptors (Lipinski definition) is 4. The fourth-order valence-corrected chi connectivity index (χ4v) is 1.18. The first kappa shape index (κ1) is 15.9. The van der Waals surface area contributed by atoms with Crippen LogP contribution in [-0.2, 0) is 19.1 Å². The summed E-state index contributed by atoms with van der Waals surface area (Å²) in [6.07, 6.45) is 3.56. The number of carboxylic acid groups (broad SMARTS) is 1. The molecule has 0 aromatic heterocycles. The van der Waals surface area contributed by atoms with Crippen LogP contribution in [-0.4, -0.2) is 36.9 Å². The van der Waals surface area contributed by atoms with Gasteiger partial charge in [0, 0.05) is 19.4 Å². The van der Waals surface area contributed by atoms with Crippen molar-refractivity contribution in [2.24, 2.45) is 0 Å². The Bertz CT molecular complexity index is 215. The van der Waals surface area contributed by atoms with E-state index in [0.717, 1.165) is 12.8 Å². The monoisotopic (exact) mass is 246 g/mol. The Hall–Kier alpha value is -1.10. The summed E-state index contributed by atoms with van der Waals surface area (Å²) in [7, 11) is 0. The van der Waals surface area contributed by atoms with Gasteiger partial charge in [-0.1, -0.05) is 13.3 Å². The molecule has 17 heavy (non-hydrogen) atoms. The van der Waals surface area contributed by atoms with E-state index in [9.17, 15) is 9.59 Å². The summed E-state index contributed by atoms with van der Waals surface area (Å²) < 4.78 is 10.1. The molecule has 0 saturated carbocycles. The highest BCUT2D eigenvalue weighted by atomic mass is 16.6. The number of carbonyl (C=O) groups excluding carboxylic acids is 1. The molecule has 0 aromatic rings. The van der Waals surface area contributed by atoms with Crippen LogP contribution in [0.5, 0.6) is 0 Å². The van der Waals surface area contributed by atoms with Crippen molar-refractivity contribution < 1.29 is 24.2 Å². The van der Waals surface area contributed by atoms with Crippen LogP contribution in [0, 0.1) is 0 Å². The first-order chi connectivity index (χ1) is 8.16. The lowest BCUT2D eigenvalue weighted by Crippen LogP contribution is -2.11. The number of hydrogen-bond donors (Lipinski definition) is 1. The highest BCUT2D eigenvalue weighted by Gasteiger charge is 2.03. The smallest absolute Gasteiger partial charge is 0.305 e. The maximum atomic E-state index is 11.2. The Kier molecular flexibility index (Phi) is 10.7. The second-order valence-corrected chi connectivity index (χ2v) is 3.79. The lowest BCUT2D eigenvalue weighted by Gasteiger charge is -2.05. The summed E-state index contributed by atoms with van der Waals surface area (Å²) >= 11 is 0. The van der Waals surface area contributed by atoms with Gasteiger partial charge in [-0.15, -0.1) is 0 Å². The number of unbranched alkanes of at least 4 members (excludes halogenated alkanes) is 2. The first-order valence-electron chi connectivity index (χ1n) is 6.12. The SMILES string of the molecule is CCCCOCCOC(=O)CCCCC(=O)O. The third-order valence-corrected chi connectivity index (χ3v) is 2.15. The molecule has 5 nitrogen and oxygen atoms in total. The number of carboxylic acids is 1. The molecule has 0 saturated heterocycles. The largest absolute Gasteiger partial charge is 0.481 e. The molecule has 0 unspecified atom stereocenters. The van der Waals surface area contributed by atoms with Crippen LogP contribution in [0.15, 0.2) is 0 Å². The topological polar surface area (TPSA) is 72.8 Å². The van der Waals surface area contributed by atoms with Crippen LogP contribution < -0.4 is 0 Å². The fourth-order valence-electron chi connectivity index (χ4n) is 1.18. The standard InChI is InChI=1S/C12H22O5/c1-2-3-8-16-9-10-17-12(15)7-5-4-6-11(13)14/h2-10H2,1H3,(H,13,14). The maximum Gasteiger partial charge on any atom is 0.305 e. The Morgan fingerprint density at radius 3 is 2.35 bits per heavy atom. The summed E-state index contributed by atoms with van der Waals surface area (Å²) in [5, 5.41) is 8.39. The van der Waals surface area contributed by atoms with E-state index in [1.165, 1.54) is 0 Å². The predicted molar refractivity (Wildman–Crippen MR) is 62.8 cm³/mol. The Labute approximate surface area is 102 Å². The zero-order valence-electron chi connectivity index (χ0n) is 10.4. The predicted octanol–water partition coefficient (Wildman–Crippen LogP) is 1.99. The molecule has 0 radical (unpaired) electrons. The molecule has 0 aliphatic rings. The summed E-state index contributed by atoms with van der Waals surface area (Å²) in [4.78, 5) is 21.4. The van der Waals surface area contributed by atoms with Gasteiger partial charge in [-0.2, -0.15) is 0 Å². The van der Waals surface area contributed by atoms with Crippen LogP contribution >= 0.6 is 0 Å². The minimum absolute atomic E-state index is 0.105. The third kappa shape index (κ3) is 12.8. The van der Waals surface area contributed by atoms with E-state index in [4.69, 9.17) is 14.6 Å². The average molecular weight is 246 g/mol. The van der Waals surface area contributed by atoms with E-state index in [2.05, 4.69) is 6.92 Å². The lowest BCUT2D eigenvalue weighted by molar-refractivity contribution is -0.145. The number of esters is 1. The van der Waals surface area contributed by atoms with Gasteiger partial charge in [0.05, 0.1) is 6.61 Å². The Morgan fingerprint density at radius 2 is 1.71 bits per heavy atom. The molecule has 0 aliphatic carbocycles. The molecule has 0 rings (SSSR count). The highest BCUT2D eigenvalue weighted by Crippen LogP contribution is 2.01. The summed E-state index contributed by atoms with van der Waals surface area (Å²) in [5.74, 6) is -1.11. The van der Waals surface area contributed by atoms with Gasteiger partial charge in [-0.25, -0.2) is 0 Å². The minimum Gasteiger partial charge on any atom is -0.481 e. The zero-order chi connectivity index (χ0) is 12.9. The van der Waals surface area contributed by atoms with Crippen LogP contribution in [0.2, 0.25) is 0 Å². The van der Waals surface area contributed by atoms with Crippen LogP contribution in [0.1, 0.15) is 45.4 Å².